The Morgan fingerprint density at radius 3 is 2.71 bits per heavy atom. The molecule has 0 radical (unpaired) electrons. The van der Waals surface area contributed by atoms with Gasteiger partial charge in [0.1, 0.15) is 11.6 Å². The van der Waals surface area contributed by atoms with Crippen LogP contribution in [0, 0.1) is 11.3 Å². The maximum Gasteiger partial charge on any atom is 0.201 e. The van der Waals surface area contributed by atoms with Gasteiger partial charge in [0.15, 0.2) is 0 Å². The third kappa shape index (κ3) is 2.16. The van der Waals surface area contributed by atoms with Crippen LogP contribution >= 0.6 is 0 Å². The molecule has 21 heavy (non-hydrogen) atoms. The van der Waals surface area contributed by atoms with Gasteiger partial charge in [0.2, 0.25) is 5.95 Å². The number of fused-ring (bicyclic) bond motifs is 1. The van der Waals surface area contributed by atoms with E-state index >= 15 is 0 Å². The number of hydrogen-bond donors (Lipinski definition) is 1. The number of rotatable bonds is 3. The summed E-state index contributed by atoms with van der Waals surface area (Å²) in [6.45, 7) is 0.831. The molecule has 0 atom stereocenters. The van der Waals surface area contributed by atoms with E-state index in [1.807, 2.05) is 12.1 Å². The summed E-state index contributed by atoms with van der Waals surface area (Å²) in [5.41, 5.74) is 8.54. The summed E-state index contributed by atoms with van der Waals surface area (Å²) in [7, 11) is 4.28. The Kier molecular flexibility index (Phi) is 3.34. The minimum Gasteiger partial charge on any atom is -0.369 e. The first-order chi connectivity index (χ1) is 10.1. The first-order valence-corrected chi connectivity index (χ1v) is 7.40. The van der Waals surface area contributed by atoms with Crippen molar-refractivity contribution in [1.29, 1.82) is 5.26 Å². The van der Waals surface area contributed by atoms with Crippen LogP contribution in [0.15, 0.2) is 18.2 Å². The van der Waals surface area contributed by atoms with Crippen molar-refractivity contribution in [2.75, 3.05) is 19.8 Å². The van der Waals surface area contributed by atoms with Crippen molar-refractivity contribution < 1.29 is 0 Å². The number of nitrogen functional groups attached to an aromatic ring is 1. The molecule has 0 unspecified atom stereocenters. The van der Waals surface area contributed by atoms with Crippen LogP contribution in [-0.2, 0) is 6.54 Å². The van der Waals surface area contributed by atoms with Gasteiger partial charge in [0, 0.05) is 12.1 Å². The maximum absolute atomic E-state index is 9.21. The zero-order chi connectivity index (χ0) is 15.0. The molecule has 1 heterocycles. The number of anilines is 1. The van der Waals surface area contributed by atoms with E-state index in [0.717, 1.165) is 12.1 Å². The Hall–Kier alpha value is -2.06. The molecule has 1 aliphatic rings. The summed E-state index contributed by atoms with van der Waals surface area (Å²) in [5, 5.41) is 9.21. The number of nitrogens with two attached hydrogens (primary N) is 1. The lowest BCUT2D eigenvalue weighted by atomic mass is 9.96. The quantitative estimate of drug-likeness (QED) is 0.938. The fraction of sp³-hybridized carbons (Fsp3) is 0.500. The van der Waals surface area contributed by atoms with Gasteiger partial charge in [0.05, 0.1) is 11.1 Å². The monoisotopic (exact) mass is 283 g/mol. The molecule has 5 heteroatoms. The maximum atomic E-state index is 9.21. The summed E-state index contributed by atoms with van der Waals surface area (Å²) < 4.78 is 2.07. The second-order valence-corrected chi connectivity index (χ2v) is 6.17. The smallest absolute Gasteiger partial charge is 0.201 e. The van der Waals surface area contributed by atoms with Crippen LogP contribution in [0.25, 0.3) is 11.0 Å². The number of benzene rings is 1. The van der Waals surface area contributed by atoms with Gasteiger partial charge in [-0.25, -0.2) is 4.98 Å². The lowest BCUT2D eigenvalue weighted by Gasteiger charge is -2.37. The molecular weight excluding hydrogens is 262 g/mol. The van der Waals surface area contributed by atoms with E-state index in [1.165, 1.54) is 25.7 Å². The third-order valence-electron chi connectivity index (χ3n) is 4.86. The molecule has 2 N–H and O–H groups in total. The average molecular weight is 283 g/mol. The number of imidazole rings is 1. The molecule has 3 rings (SSSR count). The van der Waals surface area contributed by atoms with Crippen molar-refractivity contribution in [3.05, 3.63) is 23.8 Å². The number of nitriles is 1. The Bertz CT molecular complexity index is 701. The van der Waals surface area contributed by atoms with Gasteiger partial charge in [-0.3, -0.25) is 0 Å². The van der Waals surface area contributed by atoms with Crippen LogP contribution in [0.1, 0.15) is 31.2 Å². The lowest BCUT2D eigenvalue weighted by Crippen LogP contribution is -2.45. The van der Waals surface area contributed by atoms with Gasteiger partial charge >= 0.3 is 0 Å². The number of aromatic nitrogens is 2. The molecule has 2 aromatic rings. The number of nitrogens with zero attached hydrogens (tertiary/aromatic N) is 4. The van der Waals surface area contributed by atoms with Crippen molar-refractivity contribution >= 4 is 17.0 Å². The molecule has 1 aromatic heterocycles. The van der Waals surface area contributed by atoms with Gasteiger partial charge in [-0.1, -0.05) is 18.9 Å². The SMILES string of the molecule is CN(C)C1(Cn2c(N)nc3c(C#N)cccc32)CCCC1. The van der Waals surface area contributed by atoms with Crippen molar-refractivity contribution in [3.8, 4) is 6.07 Å². The second-order valence-electron chi connectivity index (χ2n) is 6.17. The molecule has 1 fully saturated rings. The van der Waals surface area contributed by atoms with Crippen LogP contribution in [-0.4, -0.2) is 34.1 Å². The Morgan fingerprint density at radius 2 is 2.10 bits per heavy atom. The highest BCUT2D eigenvalue weighted by Crippen LogP contribution is 2.36. The molecule has 0 saturated heterocycles. The largest absolute Gasteiger partial charge is 0.369 e. The number of likely N-dealkylation sites (N-methyl/N-ethyl adjacent to an activating group) is 1. The van der Waals surface area contributed by atoms with E-state index in [1.54, 1.807) is 6.07 Å². The van der Waals surface area contributed by atoms with Crippen LogP contribution in [0.4, 0.5) is 5.95 Å². The van der Waals surface area contributed by atoms with Crippen molar-refractivity contribution in [3.63, 3.8) is 0 Å². The van der Waals surface area contributed by atoms with Crippen molar-refractivity contribution in [1.82, 2.24) is 14.5 Å². The molecule has 0 aliphatic heterocycles. The first-order valence-electron chi connectivity index (χ1n) is 7.40. The molecule has 5 nitrogen and oxygen atoms in total. The fourth-order valence-electron chi connectivity index (χ4n) is 3.50. The zero-order valence-corrected chi connectivity index (χ0v) is 12.6. The van der Waals surface area contributed by atoms with Gasteiger partial charge < -0.3 is 15.2 Å². The van der Waals surface area contributed by atoms with E-state index < -0.39 is 0 Å². The predicted molar refractivity (Wildman–Crippen MR) is 83.7 cm³/mol. The lowest BCUT2D eigenvalue weighted by molar-refractivity contribution is 0.136. The van der Waals surface area contributed by atoms with E-state index in [9.17, 15) is 5.26 Å². The number of para-hydroxylation sites is 1. The molecular formula is C16H21N5. The molecule has 0 bridgehead atoms. The molecule has 0 amide bonds. The Balaban J connectivity index is 2.09. The predicted octanol–water partition coefficient (Wildman–Crippen LogP) is 2.36. The minimum atomic E-state index is 0.143. The normalized spacial score (nSPS) is 17.4. The summed E-state index contributed by atoms with van der Waals surface area (Å²) in [5.74, 6) is 0.501. The Morgan fingerprint density at radius 1 is 1.38 bits per heavy atom. The van der Waals surface area contributed by atoms with Crippen molar-refractivity contribution in [2.45, 2.75) is 37.8 Å². The average Bonchev–Trinajstić information content (AvgIpc) is 3.06. The fourth-order valence-corrected chi connectivity index (χ4v) is 3.50. The summed E-state index contributed by atoms with van der Waals surface area (Å²) in [4.78, 5) is 6.73. The Labute approximate surface area is 125 Å². The second kappa shape index (κ2) is 5.05. The molecule has 1 aliphatic carbocycles. The standard InChI is InChI=1S/C16H21N5/c1-20(2)16(8-3-4-9-16)11-21-13-7-5-6-12(10-17)14(13)19-15(21)18/h5-7H,3-4,8-9,11H2,1-2H3,(H2,18,19). The zero-order valence-electron chi connectivity index (χ0n) is 12.6. The highest BCUT2D eigenvalue weighted by molar-refractivity contribution is 5.84. The first kappa shape index (κ1) is 13.9. The van der Waals surface area contributed by atoms with E-state index in [4.69, 9.17) is 5.73 Å². The molecule has 0 spiro atoms. The van der Waals surface area contributed by atoms with E-state index in [2.05, 4.69) is 34.6 Å². The highest BCUT2D eigenvalue weighted by Gasteiger charge is 2.37. The summed E-state index contributed by atoms with van der Waals surface area (Å²) >= 11 is 0. The van der Waals surface area contributed by atoms with Gasteiger partial charge in [-0.2, -0.15) is 5.26 Å². The van der Waals surface area contributed by atoms with Gasteiger partial charge in [-0.15, -0.1) is 0 Å². The summed E-state index contributed by atoms with van der Waals surface area (Å²) in [6, 6.07) is 7.88. The van der Waals surface area contributed by atoms with Crippen LogP contribution in [0.5, 0.6) is 0 Å². The van der Waals surface area contributed by atoms with Gasteiger partial charge in [0.25, 0.3) is 0 Å². The third-order valence-corrected chi connectivity index (χ3v) is 4.86. The topological polar surface area (TPSA) is 70.9 Å². The minimum absolute atomic E-state index is 0.143. The van der Waals surface area contributed by atoms with Gasteiger partial charge in [-0.05, 0) is 39.1 Å². The van der Waals surface area contributed by atoms with E-state index in [-0.39, 0.29) is 5.54 Å². The van der Waals surface area contributed by atoms with Crippen LogP contribution in [0.3, 0.4) is 0 Å². The highest BCUT2D eigenvalue weighted by atomic mass is 15.2. The molecule has 1 aromatic carbocycles. The van der Waals surface area contributed by atoms with Crippen molar-refractivity contribution in [2.24, 2.45) is 0 Å². The van der Waals surface area contributed by atoms with E-state index in [0.29, 0.717) is 17.0 Å². The number of hydrogen-bond acceptors (Lipinski definition) is 4. The summed E-state index contributed by atoms with van der Waals surface area (Å²) in [6.07, 6.45) is 4.87. The molecule has 1 saturated carbocycles. The van der Waals surface area contributed by atoms with Crippen LogP contribution < -0.4 is 5.73 Å². The van der Waals surface area contributed by atoms with Crippen LogP contribution in [0.2, 0.25) is 0 Å². The molecule has 110 valence electrons.